The predicted molar refractivity (Wildman–Crippen MR) is 87.7 cm³/mol. The molecule has 0 bridgehead atoms. The molecule has 0 radical (unpaired) electrons. The zero-order valence-corrected chi connectivity index (χ0v) is 12.7. The fraction of sp³-hybridized carbons (Fsp3) is 0.188. The quantitative estimate of drug-likeness (QED) is 0.779. The second-order valence-corrected chi connectivity index (χ2v) is 6.45. The molecular weight excluding hydrogens is 304 g/mol. The third-order valence-electron chi connectivity index (χ3n) is 3.56. The summed E-state index contributed by atoms with van der Waals surface area (Å²) in [5, 5.41) is 5.00. The highest BCUT2D eigenvalue weighted by Gasteiger charge is 2.22. The van der Waals surface area contributed by atoms with Crippen molar-refractivity contribution in [1.29, 1.82) is 0 Å². The largest absolute Gasteiger partial charge is 0.488 e. The molecule has 2 aromatic carbocycles. The summed E-state index contributed by atoms with van der Waals surface area (Å²) in [6.07, 6.45) is 1.10. The summed E-state index contributed by atoms with van der Waals surface area (Å²) >= 11 is 7.76. The molecule has 0 saturated carbocycles. The maximum Gasteiger partial charge on any atom is 0.183 e. The van der Waals surface area contributed by atoms with Crippen LogP contribution in [0.1, 0.15) is 5.56 Å². The molecule has 1 aromatic heterocycles. The van der Waals surface area contributed by atoms with Crippen LogP contribution in [0.3, 0.4) is 0 Å². The lowest BCUT2D eigenvalue weighted by atomic mass is 10.1. The lowest BCUT2D eigenvalue weighted by molar-refractivity contribution is 0.246. The smallest absolute Gasteiger partial charge is 0.183 e. The number of para-hydroxylation sites is 1. The highest BCUT2D eigenvalue weighted by atomic mass is 35.5. The number of ether oxygens (including phenoxy) is 1. The van der Waals surface area contributed by atoms with Crippen LogP contribution in [0.5, 0.6) is 5.75 Å². The van der Waals surface area contributed by atoms with E-state index in [9.17, 15) is 0 Å². The van der Waals surface area contributed by atoms with E-state index in [0.717, 1.165) is 39.1 Å². The third-order valence-corrected chi connectivity index (χ3v) is 5.05. The predicted octanol–water partition coefficient (Wildman–Crippen LogP) is 4.37. The van der Waals surface area contributed by atoms with Gasteiger partial charge in [0.05, 0.1) is 21.8 Å². The van der Waals surface area contributed by atoms with Gasteiger partial charge in [0.15, 0.2) is 5.13 Å². The van der Waals surface area contributed by atoms with E-state index < -0.39 is 0 Å². The van der Waals surface area contributed by atoms with Crippen molar-refractivity contribution >= 4 is 38.3 Å². The van der Waals surface area contributed by atoms with E-state index in [1.54, 1.807) is 11.3 Å². The minimum absolute atomic E-state index is 0.157. The van der Waals surface area contributed by atoms with Crippen LogP contribution in [0.25, 0.3) is 10.2 Å². The number of anilines is 1. The molecule has 1 aliphatic rings. The van der Waals surface area contributed by atoms with Gasteiger partial charge in [-0.05, 0) is 23.8 Å². The van der Waals surface area contributed by atoms with Gasteiger partial charge < -0.3 is 10.1 Å². The minimum atomic E-state index is 0.157. The summed E-state index contributed by atoms with van der Waals surface area (Å²) in [4.78, 5) is 4.55. The molecule has 0 aliphatic carbocycles. The van der Waals surface area contributed by atoms with Gasteiger partial charge in [0.25, 0.3) is 0 Å². The fourth-order valence-electron chi connectivity index (χ4n) is 2.56. The number of halogens is 1. The van der Waals surface area contributed by atoms with Crippen LogP contribution in [0.15, 0.2) is 42.5 Å². The van der Waals surface area contributed by atoms with Crippen molar-refractivity contribution in [2.75, 3.05) is 11.9 Å². The van der Waals surface area contributed by atoms with Crippen molar-refractivity contribution in [3.63, 3.8) is 0 Å². The first-order chi connectivity index (χ1) is 10.3. The molecule has 4 rings (SSSR count). The Morgan fingerprint density at radius 3 is 3.00 bits per heavy atom. The molecule has 3 nitrogen and oxygen atoms in total. The van der Waals surface area contributed by atoms with Crippen LogP contribution in [0.2, 0.25) is 5.02 Å². The number of nitrogens with one attached hydrogen (secondary N) is 1. The average molecular weight is 317 g/mol. The van der Waals surface area contributed by atoms with Gasteiger partial charge in [-0.25, -0.2) is 4.98 Å². The summed E-state index contributed by atoms with van der Waals surface area (Å²) in [6, 6.07) is 14.0. The molecule has 1 unspecified atom stereocenters. The Kier molecular flexibility index (Phi) is 3.20. The minimum Gasteiger partial charge on any atom is -0.488 e. The van der Waals surface area contributed by atoms with E-state index in [1.807, 2.05) is 36.4 Å². The van der Waals surface area contributed by atoms with Gasteiger partial charge in [-0.15, -0.1) is 0 Å². The number of nitrogens with zero attached hydrogens (tertiary/aromatic N) is 1. The Morgan fingerprint density at radius 2 is 2.14 bits per heavy atom. The van der Waals surface area contributed by atoms with Crippen LogP contribution in [-0.2, 0) is 6.42 Å². The lowest BCUT2D eigenvalue weighted by Crippen LogP contribution is -2.23. The van der Waals surface area contributed by atoms with E-state index in [1.165, 1.54) is 5.56 Å². The molecule has 21 heavy (non-hydrogen) atoms. The lowest BCUT2D eigenvalue weighted by Gasteiger charge is -2.10. The molecule has 5 heteroatoms. The Morgan fingerprint density at radius 1 is 1.24 bits per heavy atom. The van der Waals surface area contributed by atoms with Gasteiger partial charge in [0, 0.05) is 6.42 Å². The Labute approximate surface area is 131 Å². The van der Waals surface area contributed by atoms with Crippen LogP contribution in [-0.4, -0.2) is 17.6 Å². The third kappa shape index (κ3) is 2.45. The number of fused-ring (bicyclic) bond motifs is 2. The molecule has 3 aromatic rings. The molecule has 0 spiro atoms. The molecule has 1 atom stereocenters. The van der Waals surface area contributed by atoms with Crippen LogP contribution < -0.4 is 10.1 Å². The number of thiazole rings is 1. The first kappa shape index (κ1) is 12.9. The topological polar surface area (TPSA) is 34.2 Å². The van der Waals surface area contributed by atoms with Crippen molar-refractivity contribution in [2.24, 2.45) is 0 Å². The van der Waals surface area contributed by atoms with Gasteiger partial charge in [0.1, 0.15) is 11.9 Å². The van der Waals surface area contributed by atoms with E-state index in [4.69, 9.17) is 16.3 Å². The molecule has 0 fully saturated rings. The number of hydrogen-bond acceptors (Lipinski definition) is 4. The average Bonchev–Trinajstić information content (AvgIpc) is 3.09. The van der Waals surface area contributed by atoms with Crippen LogP contribution in [0.4, 0.5) is 5.13 Å². The molecular formula is C16H13ClN2OS. The highest BCUT2D eigenvalue weighted by Crippen LogP contribution is 2.32. The van der Waals surface area contributed by atoms with Gasteiger partial charge in [-0.1, -0.05) is 47.2 Å². The molecule has 0 amide bonds. The zero-order valence-electron chi connectivity index (χ0n) is 11.2. The Balaban J connectivity index is 1.46. The number of hydrogen-bond donors (Lipinski definition) is 1. The SMILES string of the molecule is Clc1cccc2nc(NCC3Cc4ccccc4O3)sc12. The van der Waals surface area contributed by atoms with Crippen molar-refractivity contribution in [1.82, 2.24) is 4.98 Å². The molecule has 106 valence electrons. The summed E-state index contributed by atoms with van der Waals surface area (Å²) in [5.41, 5.74) is 2.21. The molecule has 0 saturated heterocycles. The Bertz CT molecular complexity index is 777. The maximum absolute atomic E-state index is 6.18. The molecule has 1 aliphatic heterocycles. The van der Waals surface area contributed by atoms with Gasteiger partial charge in [0.2, 0.25) is 0 Å². The van der Waals surface area contributed by atoms with Gasteiger partial charge in [-0.2, -0.15) is 0 Å². The van der Waals surface area contributed by atoms with E-state index >= 15 is 0 Å². The maximum atomic E-state index is 6.18. The summed E-state index contributed by atoms with van der Waals surface area (Å²) in [7, 11) is 0. The van der Waals surface area contributed by atoms with E-state index in [-0.39, 0.29) is 6.10 Å². The number of rotatable bonds is 3. The highest BCUT2D eigenvalue weighted by molar-refractivity contribution is 7.22. The van der Waals surface area contributed by atoms with E-state index in [0.29, 0.717) is 0 Å². The fourth-order valence-corrected chi connectivity index (χ4v) is 3.72. The summed E-state index contributed by atoms with van der Waals surface area (Å²) < 4.78 is 6.94. The first-order valence-electron chi connectivity index (χ1n) is 6.83. The molecule has 2 heterocycles. The summed E-state index contributed by atoms with van der Waals surface area (Å²) in [5.74, 6) is 0.997. The Hall–Kier alpha value is -1.78. The van der Waals surface area contributed by atoms with Crippen LogP contribution in [0, 0.1) is 0 Å². The summed E-state index contributed by atoms with van der Waals surface area (Å²) in [6.45, 7) is 0.742. The first-order valence-corrected chi connectivity index (χ1v) is 8.02. The number of aromatic nitrogens is 1. The van der Waals surface area contributed by atoms with E-state index in [2.05, 4.69) is 16.4 Å². The molecule has 1 N–H and O–H groups in total. The second kappa shape index (κ2) is 5.20. The van der Waals surface area contributed by atoms with Crippen LogP contribution >= 0.6 is 22.9 Å². The van der Waals surface area contributed by atoms with Crippen molar-refractivity contribution in [3.8, 4) is 5.75 Å². The standard InChI is InChI=1S/C16H13ClN2OS/c17-12-5-3-6-13-15(12)21-16(19-13)18-9-11-8-10-4-1-2-7-14(10)20-11/h1-7,11H,8-9H2,(H,18,19). The van der Waals surface area contributed by atoms with Crippen molar-refractivity contribution < 1.29 is 4.74 Å². The second-order valence-electron chi connectivity index (χ2n) is 5.04. The number of benzene rings is 2. The van der Waals surface area contributed by atoms with Crippen molar-refractivity contribution in [2.45, 2.75) is 12.5 Å². The van der Waals surface area contributed by atoms with Crippen molar-refractivity contribution in [3.05, 3.63) is 53.1 Å². The monoisotopic (exact) mass is 316 g/mol. The normalized spacial score (nSPS) is 16.7. The zero-order chi connectivity index (χ0) is 14.2. The van der Waals surface area contributed by atoms with Gasteiger partial charge >= 0.3 is 0 Å². The van der Waals surface area contributed by atoms with Gasteiger partial charge in [-0.3, -0.25) is 0 Å².